The van der Waals surface area contributed by atoms with Crippen molar-refractivity contribution < 1.29 is 8.42 Å². The molecule has 1 unspecified atom stereocenters. The summed E-state index contributed by atoms with van der Waals surface area (Å²) in [6.07, 6.45) is 3.29. The first kappa shape index (κ1) is 17.0. The van der Waals surface area contributed by atoms with E-state index in [0.717, 1.165) is 13.0 Å². The fourth-order valence-electron chi connectivity index (χ4n) is 2.33. The molecule has 114 valence electrons. The van der Waals surface area contributed by atoms with Crippen LogP contribution in [-0.2, 0) is 9.84 Å². The van der Waals surface area contributed by atoms with Crippen molar-refractivity contribution >= 4 is 9.84 Å². The lowest BCUT2D eigenvalue weighted by Crippen LogP contribution is -2.40. The monoisotopic (exact) mass is 289 g/mol. The molecule has 1 N–H and O–H groups in total. The normalized spacial score (nSPS) is 20.6. The van der Waals surface area contributed by atoms with E-state index in [1.807, 2.05) is 0 Å². The molecule has 1 aliphatic carbocycles. The van der Waals surface area contributed by atoms with Gasteiger partial charge < -0.3 is 5.32 Å². The molecule has 0 heterocycles. The number of nitrogens with one attached hydrogen (secondary N) is 1. The van der Waals surface area contributed by atoms with Crippen molar-refractivity contribution in [3.8, 4) is 0 Å². The molecule has 1 fully saturated rings. The van der Waals surface area contributed by atoms with Crippen LogP contribution in [0.4, 0.5) is 0 Å². The van der Waals surface area contributed by atoms with Crippen LogP contribution in [0.25, 0.3) is 0 Å². The highest BCUT2D eigenvalue weighted by molar-refractivity contribution is 7.92. The Balaban J connectivity index is 2.65. The van der Waals surface area contributed by atoms with E-state index in [9.17, 15) is 8.42 Å². The molecule has 0 amide bonds. The molecule has 1 rings (SSSR count). The summed E-state index contributed by atoms with van der Waals surface area (Å²) in [4.78, 5) is 0. The Bertz CT molecular complexity index is 391. The van der Waals surface area contributed by atoms with E-state index in [-0.39, 0.29) is 5.41 Å². The van der Waals surface area contributed by atoms with Gasteiger partial charge in [0.25, 0.3) is 0 Å². The maximum atomic E-state index is 12.3. The lowest BCUT2D eigenvalue weighted by atomic mass is 9.82. The number of hydrogen-bond acceptors (Lipinski definition) is 3. The third-order valence-electron chi connectivity index (χ3n) is 4.35. The summed E-state index contributed by atoms with van der Waals surface area (Å²) < 4.78 is 23.9. The van der Waals surface area contributed by atoms with Crippen LogP contribution in [0.3, 0.4) is 0 Å². The highest BCUT2D eigenvalue weighted by atomic mass is 32.2. The molecular weight excluding hydrogens is 258 g/mol. The third kappa shape index (κ3) is 4.75. The molecule has 0 spiro atoms. The van der Waals surface area contributed by atoms with Gasteiger partial charge in [0.15, 0.2) is 9.84 Å². The second kappa shape index (κ2) is 5.72. The molecule has 1 aliphatic rings. The van der Waals surface area contributed by atoms with Crippen LogP contribution in [0.2, 0.25) is 0 Å². The largest absolute Gasteiger partial charge is 0.314 e. The van der Waals surface area contributed by atoms with Crippen LogP contribution in [0.1, 0.15) is 60.8 Å². The van der Waals surface area contributed by atoms with Gasteiger partial charge in [0.05, 0.1) is 10.5 Å². The molecule has 0 saturated heterocycles. The average molecular weight is 289 g/mol. The average Bonchev–Trinajstić information content (AvgIpc) is 3.06. The highest BCUT2D eigenvalue weighted by Crippen LogP contribution is 2.47. The Hall–Kier alpha value is -0.0900. The van der Waals surface area contributed by atoms with Crippen LogP contribution in [0, 0.1) is 11.3 Å². The Morgan fingerprint density at radius 2 is 1.68 bits per heavy atom. The predicted octanol–water partition coefficient (Wildman–Crippen LogP) is 3.00. The topological polar surface area (TPSA) is 46.2 Å². The quantitative estimate of drug-likeness (QED) is 0.783. The van der Waals surface area contributed by atoms with Crippen molar-refractivity contribution in [3.05, 3.63) is 0 Å². The number of rotatable bonds is 7. The zero-order valence-electron chi connectivity index (χ0n) is 13.4. The van der Waals surface area contributed by atoms with Gasteiger partial charge in [-0.05, 0) is 51.4 Å². The second-order valence-electron chi connectivity index (χ2n) is 7.65. The van der Waals surface area contributed by atoms with E-state index in [1.165, 1.54) is 12.8 Å². The molecule has 0 radical (unpaired) electrons. The second-order valence-corrected chi connectivity index (χ2v) is 10.5. The van der Waals surface area contributed by atoms with E-state index < -0.39 is 14.6 Å². The molecular formula is C15H31NO2S. The molecule has 0 aromatic heterocycles. The van der Waals surface area contributed by atoms with Crippen molar-refractivity contribution in [1.29, 1.82) is 0 Å². The van der Waals surface area contributed by atoms with Crippen molar-refractivity contribution in [2.45, 2.75) is 71.6 Å². The fourth-order valence-corrected chi connectivity index (χ4v) is 3.68. The van der Waals surface area contributed by atoms with Crippen LogP contribution >= 0.6 is 0 Å². The van der Waals surface area contributed by atoms with Gasteiger partial charge >= 0.3 is 0 Å². The Morgan fingerprint density at radius 3 is 2.05 bits per heavy atom. The summed E-state index contributed by atoms with van der Waals surface area (Å²) in [6.45, 7) is 12.8. The fraction of sp³-hybridized carbons (Fsp3) is 1.00. The molecule has 4 heteroatoms. The summed E-state index contributed by atoms with van der Waals surface area (Å²) in [6, 6.07) is 0.456. The highest BCUT2D eigenvalue weighted by Gasteiger charge is 2.42. The maximum absolute atomic E-state index is 12.3. The van der Waals surface area contributed by atoms with Gasteiger partial charge in [0, 0.05) is 12.6 Å². The van der Waals surface area contributed by atoms with Gasteiger partial charge in [-0.25, -0.2) is 8.42 Å². The first-order valence-electron chi connectivity index (χ1n) is 7.44. The standard InChI is InChI=1S/C15H31NO2S/c1-12(2)16-11-15(6,13-7-8-13)9-10-19(17,18)14(3,4)5/h12-13,16H,7-11H2,1-6H3. The summed E-state index contributed by atoms with van der Waals surface area (Å²) in [5.41, 5.74) is 0.128. The molecule has 1 saturated carbocycles. The smallest absolute Gasteiger partial charge is 0.155 e. The predicted molar refractivity (Wildman–Crippen MR) is 82.1 cm³/mol. The molecule has 1 atom stereocenters. The maximum Gasteiger partial charge on any atom is 0.155 e. The molecule has 0 bridgehead atoms. The molecule has 0 aromatic rings. The SMILES string of the molecule is CC(C)NCC(C)(CCS(=O)(=O)C(C)(C)C)C1CC1. The van der Waals surface area contributed by atoms with E-state index in [2.05, 4.69) is 26.1 Å². The van der Waals surface area contributed by atoms with Crippen molar-refractivity contribution in [2.24, 2.45) is 11.3 Å². The van der Waals surface area contributed by atoms with Crippen LogP contribution < -0.4 is 5.32 Å². The van der Waals surface area contributed by atoms with Crippen molar-refractivity contribution in [3.63, 3.8) is 0 Å². The van der Waals surface area contributed by atoms with Crippen molar-refractivity contribution in [1.82, 2.24) is 5.32 Å². The zero-order valence-corrected chi connectivity index (χ0v) is 14.2. The summed E-state index contributed by atoms with van der Waals surface area (Å²) in [5.74, 6) is 1.01. The molecule has 0 aromatic carbocycles. The minimum absolute atomic E-state index is 0.128. The van der Waals surface area contributed by atoms with Gasteiger partial charge in [-0.1, -0.05) is 20.8 Å². The summed E-state index contributed by atoms with van der Waals surface area (Å²) >= 11 is 0. The van der Waals surface area contributed by atoms with Gasteiger partial charge in [0.1, 0.15) is 0 Å². The minimum atomic E-state index is -3.00. The van der Waals surface area contributed by atoms with E-state index in [1.54, 1.807) is 20.8 Å². The van der Waals surface area contributed by atoms with Gasteiger partial charge in [-0.3, -0.25) is 0 Å². The number of hydrogen-bond donors (Lipinski definition) is 1. The first-order valence-corrected chi connectivity index (χ1v) is 9.09. The van der Waals surface area contributed by atoms with Crippen LogP contribution in [-0.4, -0.2) is 31.5 Å². The van der Waals surface area contributed by atoms with Crippen LogP contribution in [0.15, 0.2) is 0 Å². The molecule has 3 nitrogen and oxygen atoms in total. The van der Waals surface area contributed by atoms with E-state index >= 15 is 0 Å². The van der Waals surface area contributed by atoms with E-state index in [0.29, 0.717) is 17.7 Å². The van der Waals surface area contributed by atoms with Gasteiger partial charge in [-0.2, -0.15) is 0 Å². The lowest BCUT2D eigenvalue weighted by Gasteiger charge is -2.32. The van der Waals surface area contributed by atoms with Crippen LogP contribution in [0.5, 0.6) is 0 Å². The third-order valence-corrected chi connectivity index (χ3v) is 6.96. The minimum Gasteiger partial charge on any atom is -0.314 e. The first-order chi connectivity index (χ1) is 8.48. The van der Waals surface area contributed by atoms with Gasteiger partial charge in [-0.15, -0.1) is 0 Å². The summed E-state index contributed by atoms with van der Waals surface area (Å²) in [5, 5.41) is 3.49. The number of sulfone groups is 1. The Labute approximate surface area is 119 Å². The molecule has 19 heavy (non-hydrogen) atoms. The zero-order chi connectivity index (χ0) is 14.9. The van der Waals surface area contributed by atoms with Crippen molar-refractivity contribution in [2.75, 3.05) is 12.3 Å². The van der Waals surface area contributed by atoms with Gasteiger partial charge in [0.2, 0.25) is 0 Å². The molecule has 0 aliphatic heterocycles. The summed E-state index contributed by atoms with van der Waals surface area (Å²) in [7, 11) is -3.00. The van der Waals surface area contributed by atoms with E-state index in [4.69, 9.17) is 0 Å². The Morgan fingerprint density at radius 1 is 1.16 bits per heavy atom. The lowest BCUT2D eigenvalue weighted by molar-refractivity contribution is 0.241. The Kier molecular flexibility index (Phi) is 5.11.